The van der Waals surface area contributed by atoms with Crippen molar-refractivity contribution in [1.82, 2.24) is 29.4 Å². The summed E-state index contributed by atoms with van der Waals surface area (Å²) in [5, 5.41) is 15.8. The number of rotatable bonds is 5. The third-order valence-corrected chi connectivity index (χ3v) is 4.60. The van der Waals surface area contributed by atoms with Gasteiger partial charge in [0.15, 0.2) is 0 Å². The van der Waals surface area contributed by atoms with Gasteiger partial charge in [-0.05, 0) is 26.7 Å². The number of nitrogens with zero attached hydrogens (tertiary/aromatic N) is 6. The number of nitrogens with one attached hydrogen (secondary N) is 1. The van der Waals surface area contributed by atoms with Gasteiger partial charge in [-0.15, -0.1) is 10.2 Å². The van der Waals surface area contributed by atoms with Gasteiger partial charge in [0.25, 0.3) is 0 Å². The van der Waals surface area contributed by atoms with E-state index < -0.39 is 0 Å². The van der Waals surface area contributed by atoms with Gasteiger partial charge in [-0.2, -0.15) is 5.10 Å². The lowest BCUT2D eigenvalue weighted by Gasteiger charge is -2.27. The van der Waals surface area contributed by atoms with E-state index in [1.807, 2.05) is 24.6 Å². The highest BCUT2D eigenvalue weighted by molar-refractivity contribution is 5.91. The van der Waals surface area contributed by atoms with Crippen LogP contribution in [0, 0.1) is 0 Å². The SMILES string of the molecule is CC(C)n1nccc1NC(=O)CN1CCn2c(nnc2C2CC2)C1. The molecule has 0 spiro atoms. The minimum atomic E-state index is -0.0206. The monoisotopic (exact) mass is 329 g/mol. The topological polar surface area (TPSA) is 80.9 Å². The van der Waals surface area contributed by atoms with Crippen molar-refractivity contribution in [3.05, 3.63) is 23.9 Å². The Hall–Kier alpha value is -2.22. The fourth-order valence-corrected chi connectivity index (χ4v) is 3.22. The molecule has 0 saturated heterocycles. The van der Waals surface area contributed by atoms with Crippen LogP contribution in [0.2, 0.25) is 0 Å². The van der Waals surface area contributed by atoms with Crippen LogP contribution < -0.4 is 5.32 Å². The molecule has 1 N–H and O–H groups in total. The normalized spacial score (nSPS) is 18.0. The van der Waals surface area contributed by atoms with E-state index in [1.54, 1.807) is 6.20 Å². The van der Waals surface area contributed by atoms with E-state index in [0.29, 0.717) is 19.0 Å². The van der Waals surface area contributed by atoms with Crippen LogP contribution in [0.5, 0.6) is 0 Å². The molecule has 128 valence electrons. The van der Waals surface area contributed by atoms with Gasteiger partial charge in [0.2, 0.25) is 5.91 Å². The van der Waals surface area contributed by atoms with E-state index in [0.717, 1.165) is 30.6 Å². The third-order valence-electron chi connectivity index (χ3n) is 4.60. The summed E-state index contributed by atoms with van der Waals surface area (Å²) in [5.41, 5.74) is 0. The number of hydrogen-bond acceptors (Lipinski definition) is 5. The molecule has 0 aromatic carbocycles. The first-order chi connectivity index (χ1) is 11.6. The Bertz CT molecular complexity index is 743. The van der Waals surface area contributed by atoms with E-state index in [4.69, 9.17) is 0 Å². The second-order valence-corrected chi connectivity index (χ2v) is 6.91. The number of anilines is 1. The Labute approximate surface area is 140 Å². The summed E-state index contributed by atoms with van der Waals surface area (Å²) >= 11 is 0. The molecule has 24 heavy (non-hydrogen) atoms. The maximum absolute atomic E-state index is 12.4. The minimum absolute atomic E-state index is 0.0206. The lowest BCUT2D eigenvalue weighted by atomic mass is 10.3. The lowest BCUT2D eigenvalue weighted by Crippen LogP contribution is -2.39. The number of fused-ring (bicyclic) bond motifs is 1. The van der Waals surface area contributed by atoms with Crippen molar-refractivity contribution < 1.29 is 4.79 Å². The number of amides is 1. The summed E-state index contributed by atoms with van der Waals surface area (Å²) < 4.78 is 4.05. The Morgan fingerprint density at radius 3 is 2.92 bits per heavy atom. The second-order valence-electron chi connectivity index (χ2n) is 6.91. The maximum Gasteiger partial charge on any atom is 0.239 e. The highest BCUT2D eigenvalue weighted by Gasteiger charge is 2.32. The van der Waals surface area contributed by atoms with Crippen molar-refractivity contribution in [3.63, 3.8) is 0 Å². The first kappa shape index (κ1) is 15.3. The van der Waals surface area contributed by atoms with Gasteiger partial charge in [-0.1, -0.05) is 0 Å². The van der Waals surface area contributed by atoms with Crippen LogP contribution in [0.1, 0.15) is 50.3 Å². The summed E-state index contributed by atoms with van der Waals surface area (Å²) in [5.74, 6) is 3.44. The Morgan fingerprint density at radius 1 is 1.33 bits per heavy atom. The van der Waals surface area contributed by atoms with Crippen molar-refractivity contribution in [1.29, 1.82) is 0 Å². The predicted octanol–water partition coefficient (Wildman–Crippen LogP) is 1.39. The zero-order valence-electron chi connectivity index (χ0n) is 14.1. The van der Waals surface area contributed by atoms with E-state index in [2.05, 4.69) is 30.1 Å². The van der Waals surface area contributed by atoms with Crippen LogP contribution >= 0.6 is 0 Å². The third kappa shape index (κ3) is 2.93. The van der Waals surface area contributed by atoms with Crippen molar-refractivity contribution >= 4 is 11.7 Å². The zero-order chi connectivity index (χ0) is 16.7. The molecule has 3 heterocycles. The molecule has 2 aromatic rings. The molecular formula is C16H23N7O. The van der Waals surface area contributed by atoms with E-state index in [1.165, 1.54) is 12.8 Å². The van der Waals surface area contributed by atoms with Gasteiger partial charge in [-0.25, -0.2) is 4.68 Å². The second kappa shape index (κ2) is 6.01. The van der Waals surface area contributed by atoms with E-state index >= 15 is 0 Å². The summed E-state index contributed by atoms with van der Waals surface area (Å²) in [6, 6.07) is 2.04. The molecule has 1 aliphatic carbocycles. The molecule has 2 aliphatic rings. The van der Waals surface area contributed by atoms with Gasteiger partial charge >= 0.3 is 0 Å². The molecule has 0 unspecified atom stereocenters. The minimum Gasteiger partial charge on any atom is -0.312 e. The lowest BCUT2D eigenvalue weighted by molar-refractivity contribution is -0.117. The summed E-state index contributed by atoms with van der Waals surface area (Å²) in [4.78, 5) is 14.5. The van der Waals surface area contributed by atoms with Gasteiger partial charge < -0.3 is 9.88 Å². The van der Waals surface area contributed by atoms with Crippen LogP contribution in [-0.4, -0.2) is 48.4 Å². The Kier molecular flexibility index (Phi) is 3.84. The molecule has 0 radical (unpaired) electrons. The van der Waals surface area contributed by atoms with Gasteiger partial charge in [-0.3, -0.25) is 9.69 Å². The smallest absolute Gasteiger partial charge is 0.239 e. The summed E-state index contributed by atoms with van der Waals surface area (Å²) in [6.45, 7) is 6.83. The molecule has 2 aromatic heterocycles. The van der Waals surface area contributed by atoms with Crippen LogP contribution in [-0.2, 0) is 17.9 Å². The molecule has 8 heteroatoms. The quantitative estimate of drug-likeness (QED) is 0.896. The molecule has 1 saturated carbocycles. The van der Waals surface area contributed by atoms with Gasteiger partial charge in [0.05, 0.1) is 19.3 Å². The molecular weight excluding hydrogens is 306 g/mol. The molecule has 8 nitrogen and oxygen atoms in total. The number of hydrogen-bond donors (Lipinski definition) is 1. The van der Waals surface area contributed by atoms with Gasteiger partial charge in [0, 0.05) is 31.1 Å². The summed E-state index contributed by atoms with van der Waals surface area (Å²) in [6.07, 6.45) is 4.17. The fourth-order valence-electron chi connectivity index (χ4n) is 3.22. The zero-order valence-corrected chi connectivity index (χ0v) is 14.1. The average molecular weight is 329 g/mol. The van der Waals surface area contributed by atoms with Crippen molar-refractivity contribution in [2.75, 3.05) is 18.4 Å². The number of carbonyl (C=O) groups is 1. The summed E-state index contributed by atoms with van der Waals surface area (Å²) in [7, 11) is 0. The maximum atomic E-state index is 12.4. The first-order valence-electron chi connectivity index (χ1n) is 8.59. The van der Waals surface area contributed by atoms with Crippen LogP contribution in [0.25, 0.3) is 0 Å². The van der Waals surface area contributed by atoms with E-state index in [-0.39, 0.29) is 11.9 Å². The molecule has 0 bridgehead atoms. The average Bonchev–Trinajstić information content (AvgIpc) is 3.13. The Morgan fingerprint density at radius 2 is 2.17 bits per heavy atom. The number of carbonyl (C=O) groups excluding carboxylic acids is 1. The predicted molar refractivity (Wildman–Crippen MR) is 88.5 cm³/mol. The highest BCUT2D eigenvalue weighted by Crippen LogP contribution is 2.39. The first-order valence-corrected chi connectivity index (χ1v) is 8.59. The van der Waals surface area contributed by atoms with E-state index in [9.17, 15) is 4.79 Å². The molecule has 4 rings (SSSR count). The van der Waals surface area contributed by atoms with Gasteiger partial charge in [0.1, 0.15) is 17.5 Å². The Balaban J connectivity index is 1.37. The fraction of sp³-hybridized carbons (Fsp3) is 0.625. The highest BCUT2D eigenvalue weighted by atomic mass is 16.2. The largest absolute Gasteiger partial charge is 0.312 e. The van der Waals surface area contributed by atoms with Crippen molar-refractivity contribution in [2.24, 2.45) is 0 Å². The van der Waals surface area contributed by atoms with Crippen LogP contribution in [0.4, 0.5) is 5.82 Å². The van der Waals surface area contributed by atoms with Crippen molar-refractivity contribution in [3.8, 4) is 0 Å². The van der Waals surface area contributed by atoms with Crippen LogP contribution in [0.3, 0.4) is 0 Å². The standard InChI is InChI=1S/C16H23N7O/c1-11(2)23-13(5-6-17-23)18-15(24)10-21-7-8-22-14(9-21)19-20-16(22)12-3-4-12/h5-6,11-12H,3-4,7-10H2,1-2H3,(H,18,24). The van der Waals surface area contributed by atoms with Crippen LogP contribution in [0.15, 0.2) is 12.3 Å². The molecule has 0 atom stereocenters. The molecule has 1 fully saturated rings. The molecule has 1 amide bonds. The molecule has 1 aliphatic heterocycles. The van der Waals surface area contributed by atoms with Crippen molar-refractivity contribution in [2.45, 2.75) is 51.7 Å². The number of aromatic nitrogens is 5.